The van der Waals surface area contributed by atoms with Crippen LogP contribution in [0.2, 0.25) is 0 Å². The third-order valence-electron chi connectivity index (χ3n) is 5.53. The number of hydrogen-bond acceptors (Lipinski definition) is 7. The van der Waals surface area contributed by atoms with Gasteiger partial charge in [-0.1, -0.05) is 68.4 Å². The van der Waals surface area contributed by atoms with E-state index in [-0.39, 0.29) is 5.60 Å². The van der Waals surface area contributed by atoms with Gasteiger partial charge < -0.3 is 24.2 Å². The maximum Gasteiger partial charge on any atom is 0.223 e. The van der Waals surface area contributed by atoms with Gasteiger partial charge in [0.15, 0.2) is 0 Å². The molecule has 41 heavy (non-hydrogen) atoms. The zero-order chi connectivity index (χ0) is 31.7. The summed E-state index contributed by atoms with van der Waals surface area (Å²) in [7, 11) is 10.2. The van der Waals surface area contributed by atoms with Crippen molar-refractivity contribution in [1.29, 1.82) is 5.26 Å². The lowest BCUT2D eigenvalue weighted by Crippen LogP contribution is -2.29. The number of aliphatic hydroxyl groups is 1. The van der Waals surface area contributed by atoms with Crippen LogP contribution in [0.4, 0.5) is 0 Å². The highest BCUT2D eigenvalue weighted by Gasteiger charge is 2.50. The van der Waals surface area contributed by atoms with Crippen LogP contribution < -0.4 is 14.2 Å². The molecule has 2 aliphatic rings. The zero-order valence-corrected chi connectivity index (χ0v) is 26.3. The van der Waals surface area contributed by atoms with Crippen molar-refractivity contribution in [1.82, 2.24) is 9.88 Å². The molecule has 7 heteroatoms. The number of methoxy groups -OCH3 is 2. The molecule has 0 radical (unpaired) electrons. The van der Waals surface area contributed by atoms with Gasteiger partial charge in [-0.3, -0.25) is 0 Å². The van der Waals surface area contributed by atoms with Crippen molar-refractivity contribution in [2.45, 2.75) is 51.6 Å². The SMILES string of the molecule is C#C.CC.CN(C)C.CO.COc1cc2c(c(OC)n1)C1CCCC1(C)O2.N#Cc1ccccc1.c1ccccc1. The molecule has 2 unspecified atom stereocenters. The van der Waals surface area contributed by atoms with Crippen molar-refractivity contribution in [3.05, 3.63) is 83.9 Å². The first-order valence-corrected chi connectivity index (χ1v) is 13.5. The number of nitriles is 1. The monoisotopic (exact) mass is 563 g/mol. The molecule has 2 atom stereocenters. The molecule has 1 aliphatic carbocycles. The number of fused-ring (bicyclic) bond motifs is 3. The van der Waals surface area contributed by atoms with Crippen LogP contribution in [0.25, 0.3) is 0 Å². The van der Waals surface area contributed by atoms with Crippen LogP contribution in [-0.4, -0.2) is 63.1 Å². The Kier molecular flexibility index (Phi) is 22.7. The lowest BCUT2D eigenvalue weighted by Gasteiger charge is -2.23. The van der Waals surface area contributed by atoms with Crippen LogP contribution in [0.15, 0.2) is 72.8 Å². The summed E-state index contributed by atoms with van der Waals surface area (Å²) in [6, 6.07) is 25.0. The van der Waals surface area contributed by atoms with E-state index >= 15 is 0 Å². The number of hydrogen-bond donors (Lipinski definition) is 1. The second kappa shape index (κ2) is 23.8. The third kappa shape index (κ3) is 14.2. The van der Waals surface area contributed by atoms with E-state index in [9.17, 15) is 0 Å². The molecule has 0 bridgehead atoms. The zero-order valence-electron chi connectivity index (χ0n) is 26.3. The Morgan fingerprint density at radius 3 is 1.80 bits per heavy atom. The van der Waals surface area contributed by atoms with Gasteiger partial charge in [-0.05, 0) is 59.5 Å². The molecule has 1 aliphatic heterocycles. The summed E-state index contributed by atoms with van der Waals surface area (Å²) in [6.45, 7) is 6.18. The van der Waals surface area contributed by atoms with Gasteiger partial charge in [0, 0.05) is 19.1 Å². The van der Waals surface area contributed by atoms with Crippen LogP contribution >= 0.6 is 0 Å². The largest absolute Gasteiger partial charge is 0.486 e. The van der Waals surface area contributed by atoms with E-state index in [1.165, 1.54) is 6.42 Å². The Hall–Kier alpha value is -4.04. The smallest absolute Gasteiger partial charge is 0.223 e. The average Bonchev–Trinajstić information content (AvgIpc) is 3.54. The number of aliphatic hydroxyl groups excluding tert-OH is 1. The molecule has 0 amide bonds. The number of pyridine rings is 1. The van der Waals surface area contributed by atoms with Crippen LogP contribution in [-0.2, 0) is 0 Å². The molecule has 1 aromatic heterocycles. The molecular weight excluding hydrogens is 514 g/mol. The lowest BCUT2D eigenvalue weighted by molar-refractivity contribution is 0.107. The first kappa shape index (κ1) is 39.1. The summed E-state index contributed by atoms with van der Waals surface area (Å²) in [4.78, 5) is 6.35. The summed E-state index contributed by atoms with van der Waals surface area (Å²) in [6.07, 6.45) is 11.4. The van der Waals surface area contributed by atoms with E-state index < -0.39 is 0 Å². The molecule has 2 heterocycles. The Bertz CT molecular complexity index is 1070. The first-order valence-electron chi connectivity index (χ1n) is 13.5. The minimum atomic E-state index is -0.0797. The fourth-order valence-electron chi connectivity index (χ4n) is 4.01. The van der Waals surface area contributed by atoms with Crippen molar-refractivity contribution >= 4 is 0 Å². The second-order valence-corrected chi connectivity index (χ2v) is 8.92. The maximum absolute atomic E-state index is 8.29. The minimum Gasteiger partial charge on any atom is -0.486 e. The summed E-state index contributed by atoms with van der Waals surface area (Å²) < 4.78 is 16.7. The minimum absolute atomic E-state index is 0.0797. The Labute approximate surface area is 248 Å². The molecule has 7 nitrogen and oxygen atoms in total. The molecule has 5 rings (SSSR count). The van der Waals surface area contributed by atoms with E-state index in [0.29, 0.717) is 23.2 Å². The number of rotatable bonds is 2. The second-order valence-electron chi connectivity index (χ2n) is 8.92. The highest BCUT2D eigenvalue weighted by molar-refractivity contribution is 5.51. The van der Waals surface area contributed by atoms with Crippen molar-refractivity contribution in [2.24, 2.45) is 0 Å². The van der Waals surface area contributed by atoms with Gasteiger partial charge >= 0.3 is 0 Å². The highest BCUT2D eigenvalue weighted by Crippen LogP contribution is 2.56. The fourth-order valence-corrected chi connectivity index (χ4v) is 4.01. The molecular formula is C34H49N3O4. The molecule has 1 fully saturated rings. The van der Waals surface area contributed by atoms with Gasteiger partial charge in [0.1, 0.15) is 11.4 Å². The summed E-state index contributed by atoms with van der Waals surface area (Å²) >= 11 is 0. The quantitative estimate of drug-likeness (QED) is 0.342. The molecule has 2 aromatic carbocycles. The number of terminal acetylenes is 1. The predicted molar refractivity (Wildman–Crippen MR) is 170 cm³/mol. The average molecular weight is 564 g/mol. The molecule has 1 saturated carbocycles. The lowest BCUT2D eigenvalue weighted by atomic mass is 9.89. The standard InChI is InChI=1S/C13H17NO3.C7H5N.C6H6.C3H9N.C2H6.C2H2.CH4O/c1-13-6-4-5-8(13)11-9(17-13)7-10(15-2)14-12(11)16-3;8-6-7-4-2-1-3-5-7;1-2-4-6-5-3-1;1-4(2)3;3*1-2/h7-8H,4-6H2,1-3H3;1-5H;1-6H;1-3H3;1-2H3;1-2H;2H,1H3. The predicted octanol–water partition coefficient (Wildman–Crippen LogP) is 6.82. The van der Waals surface area contributed by atoms with E-state index in [0.717, 1.165) is 31.3 Å². The normalized spacial score (nSPS) is 16.1. The highest BCUT2D eigenvalue weighted by atomic mass is 16.5. The van der Waals surface area contributed by atoms with Gasteiger partial charge in [0.2, 0.25) is 11.8 Å². The van der Waals surface area contributed by atoms with Gasteiger partial charge in [0.05, 0.1) is 31.4 Å². The van der Waals surface area contributed by atoms with Crippen molar-refractivity contribution in [3.8, 4) is 36.4 Å². The number of benzene rings is 2. The topological polar surface area (TPSA) is 87.8 Å². The van der Waals surface area contributed by atoms with Crippen LogP contribution in [0.3, 0.4) is 0 Å². The van der Waals surface area contributed by atoms with Gasteiger partial charge in [0.25, 0.3) is 0 Å². The van der Waals surface area contributed by atoms with E-state index in [2.05, 4.69) is 24.8 Å². The van der Waals surface area contributed by atoms with Crippen molar-refractivity contribution in [3.63, 3.8) is 0 Å². The van der Waals surface area contributed by atoms with Crippen LogP contribution in [0.5, 0.6) is 17.5 Å². The fraction of sp³-hybridized carbons (Fsp3) is 0.412. The number of aromatic nitrogens is 1. The number of ether oxygens (including phenoxy) is 3. The number of nitrogens with zero attached hydrogens (tertiary/aromatic N) is 3. The molecule has 1 N–H and O–H groups in total. The third-order valence-corrected chi connectivity index (χ3v) is 5.53. The van der Waals surface area contributed by atoms with Crippen LogP contribution in [0, 0.1) is 24.2 Å². The molecule has 0 saturated heterocycles. The van der Waals surface area contributed by atoms with Gasteiger partial charge in [-0.25, -0.2) is 0 Å². The van der Waals surface area contributed by atoms with Crippen LogP contribution in [0.1, 0.15) is 57.1 Å². The molecule has 0 spiro atoms. The van der Waals surface area contributed by atoms with E-state index in [1.54, 1.807) is 26.4 Å². The van der Waals surface area contributed by atoms with E-state index in [1.807, 2.05) is 107 Å². The Morgan fingerprint density at radius 2 is 1.41 bits per heavy atom. The maximum atomic E-state index is 8.29. The Balaban J connectivity index is 0. The summed E-state index contributed by atoms with van der Waals surface area (Å²) in [5, 5.41) is 15.3. The van der Waals surface area contributed by atoms with Crippen molar-refractivity contribution in [2.75, 3.05) is 42.5 Å². The summed E-state index contributed by atoms with van der Waals surface area (Å²) in [5.74, 6) is 2.48. The Morgan fingerprint density at radius 1 is 0.951 bits per heavy atom. The summed E-state index contributed by atoms with van der Waals surface area (Å²) in [5.41, 5.74) is 1.75. The first-order chi connectivity index (χ1) is 19.8. The van der Waals surface area contributed by atoms with Crippen molar-refractivity contribution < 1.29 is 19.3 Å². The van der Waals surface area contributed by atoms with Gasteiger partial charge in [-0.2, -0.15) is 10.2 Å². The van der Waals surface area contributed by atoms with E-state index in [4.69, 9.17) is 24.6 Å². The molecule has 224 valence electrons. The molecule has 3 aromatic rings. The van der Waals surface area contributed by atoms with Gasteiger partial charge in [-0.15, -0.1) is 12.8 Å².